The molecule has 0 amide bonds. The van der Waals surface area contributed by atoms with E-state index < -0.39 is 8.07 Å². The van der Waals surface area contributed by atoms with Crippen molar-refractivity contribution in [2.75, 3.05) is 0 Å². The van der Waals surface area contributed by atoms with Gasteiger partial charge in [0, 0.05) is 0 Å². The van der Waals surface area contributed by atoms with E-state index in [4.69, 9.17) is 0 Å². The standard InChI is InChI=1S/C24H24Si/c1-3-21(2)19-20-25(22-13-7-4-8-14-22,23-15-9-5-10-16-23)24-17-11-6-12-18-24/h4-20H,2-3H2,1H3/b20-19+. The molecule has 3 aromatic carbocycles. The van der Waals surface area contributed by atoms with E-state index in [9.17, 15) is 0 Å². The van der Waals surface area contributed by atoms with Crippen LogP contribution in [0.4, 0.5) is 0 Å². The van der Waals surface area contributed by atoms with E-state index in [-0.39, 0.29) is 0 Å². The lowest BCUT2D eigenvalue weighted by atomic mass is 10.2. The Labute approximate surface area is 152 Å². The first kappa shape index (κ1) is 17.2. The summed E-state index contributed by atoms with van der Waals surface area (Å²) >= 11 is 0. The summed E-state index contributed by atoms with van der Waals surface area (Å²) in [5.41, 5.74) is 3.61. The molecule has 0 aliphatic rings. The average Bonchev–Trinajstić information content (AvgIpc) is 2.71. The first-order valence-electron chi connectivity index (χ1n) is 8.81. The average molecular weight is 341 g/mol. The number of rotatable bonds is 6. The van der Waals surface area contributed by atoms with Crippen molar-refractivity contribution in [2.45, 2.75) is 13.3 Å². The molecule has 0 aliphatic carbocycles. The van der Waals surface area contributed by atoms with Crippen LogP contribution in [0.25, 0.3) is 0 Å². The zero-order chi connectivity index (χ0) is 17.5. The molecule has 0 atom stereocenters. The molecule has 124 valence electrons. The zero-order valence-electron chi connectivity index (χ0n) is 14.7. The minimum Gasteiger partial charge on any atom is -0.0959 e. The van der Waals surface area contributed by atoms with E-state index in [0.717, 1.165) is 6.42 Å². The summed E-state index contributed by atoms with van der Waals surface area (Å²) in [6, 6.07) is 32.8. The molecular formula is C24H24Si. The summed E-state index contributed by atoms with van der Waals surface area (Å²) < 4.78 is 0. The van der Waals surface area contributed by atoms with E-state index in [1.165, 1.54) is 21.1 Å². The molecule has 0 N–H and O–H groups in total. The van der Waals surface area contributed by atoms with Crippen LogP contribution in [0.15, 0.2) is 115 Å². The molecule has 0 aliphatic heterocycles. The van der Waals surface area contributed by atoms with E-state index in [1.807, 2.05) is 0 Å². The lowest BCUT2D eigenvalue weighted by Crippen LogP contribution is -2.66. The second kappa shape index (κ2) is 7.95. The highest BCUT2D eigenvalue weighted by Gasteiger charge is 2.36. The van der Waals surface area contributed by atoms with Gasteiger partial charge in [-0.25, -0.2) is 0 Å². The van der Waals surface area contributed by atoms with Crippen LogP contribution in [0.1, 0.15) is 13.3 Å². The molecule has 0 bridgehead atoms. The van der Waals surface area contributed by atoms with Crippen LogP contribution in [0.2, 0.25) is 0 Å². The van der Waals surface area contributed by atoms with Gasteiger partial charge in [-0.3, -0.25) is 0 Å². The monoisotopic (exact) mass is 340 g/mol. The Morgan fingerprint density at radius 3 is 1.40 bits per heavy atom. The van der Waals surface area contributed by atoms with Crippen LogP contribution < -0.4 is 15.6 Å². The SMILES string of the molecule is C=C(/C=C/[Si](c1ccccc1)(c1ccccc1)c1ccccc1)CC. The summed E-state index contributed by atoms with van der Waals surface area (Å²) in [6.07, 6.45) is 3.21. The van der Waals surface area contributed by atoms with E-state index in [1.54, 1.807) is 0 Å². The van der Waals surface area contributed by atoms with Crippen molar-refractivity contribution in [3.05, 3.63) is 115 Å². The van der Waals surface area contributed by atoms with Gasteiger partial charge >= 0.3 is 0 Å². The zero-order valence-corrected chi connectivity index (χ0v) is 15.7. The predicted octanol–water partition coefficient (Wildman–Crippen LogP) is 4.22. The molecule has 0 saturated heterocycles. The van der Waals surface area contributed by atoms with Gasteiger partial charge in [-0.2, -0.15) is 0 Å². The molecule has 0 heterocycles. The highest BCUT2D eigenvalue weighted by molar-refractivity contribution is 7.14. The minimum absolute atomic E-state index is 0.972. The molecule has 0 saturated carbocycles. The Kier molecular flexibility index (Phi) is 5.47. The van der Waals surface area contributed by atoms with Crippen LogP contribution in [0, 0.1) is 0 Å². The van der Waals surface area contributed by atoms with Gasteiger partial charge in [-0.15, -0.1) is 0 Å². The van der Waals surface area contributed by atoms with Gasteiger partial charge in [0.15, 0.2) is 8.07 Å². The molecule has 1 heteroatoms. The van der Waals surface area contributed by atoms with Crippen LogP contribution in [0.5, 0.6) is 0 Å². The van der Waals surface area contributed by atoms with Gasteiger partial charge in [0.25, 0.3) is 0 Å². The molecule has 0 aromatic heterocycles. The third kappa shape index (κ3) is 3.57. The molecule has 3 rings (SSSR count). The topological polar surface area (TPSA) is 0 Å². The Bertz CT molecular complexity index is 736. The molecule has 0 fully saturated rings. The summed E-state index contributed by atoms with van der Waals surface area (Å²) in [6.45, 7) is 6.35. The number of hydrogen-bond acceptors (Lipinski definition) is 0. The normalized spacial score (nSPS) is 11.6. The van der Waals surface area contributed by atoms with Crippen LogP contribution in [-0.4, -0.2) is 8.07 Å². The Hall–Kier alpha value is -2.64. The molecule has 25 heavy (non-hydrogen) atoms. The second-order valence-electron chi connectivity index (χ2n) is 6.25. The predicted molar refractivity (Wildman–Crippen MR) is 113 cm³/mol. The van der Waals surface area contributed by atoms with Gasteiger partial charge in [0.2, 0.25) is 0 Å². The number of benzene rings is 3. The van der Waals surface area contributed by atoms with Crippen LogP contribution in [-0.2, 0) is 0 Å². The van der Waals surface area contributed by atoms with E-state index in [2.05, 4.69) is 116 Å². The summed E-state index contributed by atoms with van der Waals surface area (Å²) in [7, 11) is -2.24. The molecule has 0 spiro atoms. The fourth-order valence-corrected chi connectivity index (χ4v) is 7.47. The highest BCUT2D eigenvalue weighted by Crippen LogP contribution is 2.11. The molecule has 0 nitrogen and oxygen atoms in total. The molecule has 3 aromatic rings. The smallest absolute Gasteiger partial charge is 0.0959 e. The number of hydrogen-bond donors (Lipinski definition) is 0. The Morgan fingerprint density at radius 1 is 0.720 bits per heavy atom. The van der Waals surface area contributed by atoms with Crippen LogP contribution >= 0.6 is 0 Å². The molecule has 0 unspecified atom stereocenters. The van der Waals surface area contributed by atoms with Gasteiger partial charge < -0.3 is 0 Å². The van der Waals surface area contributed by atoms with Crippen molar-refractivity contribution >= 4 is 23.6 Å². The van der Waals surface area contributed by atoms with E-state index >= 15 is 0 Å². The summed E-state index contributed by atoms with van der Waals surface area (Å²) in [5.74, 6) is 0. The molecule has 0 radical (unpaired) electrons. The lowest BCUT2D eigenvalue weighted by Gasteiger charge is -2.30. The van der Waals surface area contributed by atoms with Crippen molar-refractivity contribution in [3.63, 3.8) is 0 Å². The molecular weight excluding hydrogens is 316 g/mol. The second-order valence-corrected chi connectivity index (χ2v) is 9.93. The first-order valence-corrected chi connectivity index (χ1v) is 10.9. The van der Waals surface area contributed by atoms with E-state index in [0.29, 0.717) is 0 Å². The van der Waals surface area contributed by atoms with Crippen molar-refractivity contribution in [1.82, 2.24) is 0 Å². The maximum Gasteiger partial charge on any atom is 0.172 e. The van der Waals surface area contributed by atoms with Gasteiger partial charge in [0.1, 0.15) is 0 Å². The van der Waals surface area contributed by atoms with Gasteiger partial charge in [-0.05, 0) is 22.0 Å². The maximum atomic E-state index is 4.19. The largest absolute Gasteiger partial charge is 0.172 e. The summed E-state index contributed by atoms with van der Waals surface area (Å²) in [5, 5.41) is 4.19. The van der Waals surface area contributed by atoms with Crippen molar-refractivity contribution < 1.29 is 0 Å². The van der Waals surface area contributed by atoms with Gasteiger partial charge in [-0.1, -0.05) is 122 Å². The summed E-state index contributed by atoms with van der Waals surface area (Å²) in [4.78, 5) is 0. The third-order valence-corrected chi connectivity index (χ3v) is 9.11. The van der Waals surface area contributed by atoms with Crippen molar-refractivity contribution in [2.24, 2.45) is 0 Å². The fourth-order valence-electron chi connectivity index (χ4n) is 3.25. The lowest BCUT2D eigenvalue weighted by molar-refractivity contribution is 1.16. The fraction of sp³-hybridized carbons (Fsp3) is 0.0833. The van der Waals surface area contributed by atoms with Crippen molar-refractivity contribution in [1.29, 1.82) is 0 Å². The van der Waals surface area contributed by atoms with Gasteiger partial charge in [0.05, 0.1) is 0 Å². The van der Waals surface area contributed by atoms with Crippen molar-refractivity contribution in [3.8, 4) is 0 Å². The third-order valence-electron chi connectivity index (χ3n) is 4.71. The Morgan fingerprint density at radius 2 is 1.08 bits per heavy atom. The first-order chi connectivity index (χ1) is 12.3. The quantitative estimate of drug-likeness (QED) is 0.358. The Balaban J connectivity index is 2.31. The highest BCUT2D eigenvalue weighted by atomic mass is 28.3. The maximum absolute atomic E-state index is 4.19. The van der Waals surface area contributed by atoms with Crippen LogP contribution in [0.3, 0.4) is 0 Å². The minimum atomic E-state index is -2.24. The number of allylic oxidation sites excluding steroid dienone is 2.